The predicted molar refractivity (Wildman–Crippen MR) is 100 cm³/mol. The lowest BCUT2D eigenvalue weighted by atomic mass is 10.0. The van der Waals surface area contributed by atoms with Gasteiger partial charge in [-0.15, -0.1) is 0 Å². The number of rotatable bonds is 9. The fourth-order valence-corrected chi connectivity index (χ4v) is 3.62. The number of hydrogen-bond acceptors (Lipinski definition) is 4. The third-order valence-corrected chi connectivity index (χ3v) is 4.98. The van der Waals surface area contributed by atoms with Gasteiger partial charge in [0.15, 0.2) is 5.75 Å². The molecule has 2 aromatic heterocycles. The van der Waals surface area contributed by atoms with Crippen LogP contribution in [0.15, 0.2) is 31.1 Å². The smallest absolute Gasteiger partial charge is 0.235 e. The molecule has 2 aromatic rings. The van der Waals surface area contributed by atoms with E-state index >= 15 is 0 Å². The summed E-state index contributed by atoms with van der Waals surface area (Å²) in [6.07, 6.45) is 15.8. The quantitative estimate of drug-likeness (QED) is 0.655. The highest BCUT2D eigenvalue weighted by atomic mass is 16.5. The van der Waals surface area contributed by atoms with Crippen LogP contribution in [-0.4, -0.2) is 24.3 Å². The average Bonchev–Trinajstić information content (AvgIpc) is 3.26. The van der Waals surface area contributed by atoms with E-state index in [0.717, 1.165) is 62.7 Å². The Labute approximate surface area is 154 Å². The molecular formula is C20H29N3O3. The Balaban J connectivity index is 1.82. The Kier molecular flexibility index (Phi) is 6.26. The molecule has 3 rings (SSSR count). The molecule has 0 bridgehead atoms. The van der Waals surface area contributed by atoms with E-state index < -0.39 is 0 Å². The first-order valence-electron chi connectivity index (χ1n) is 9.61. The fourth-order valence-electron chi connectivity index (χ4n) is 3.62. The van der Waals surface area contributed by atoms with Crippen molar-refractivity contribution in [2.24, 2.45) is 0 Å². The molecular weight excluding hydrogens is 330 g/mol. The van der Waals surface area contributed by atoms with Crippen molar-refractivity contribution in [1.82, 2.24) is 14.1 Å². The van der Waals surface area contributed by atoms with Crippen LogP contribution in [0.4, 0.5) is 0 Å². The van der Waals surface area contributed by atoms with E-state index in [1.165, 1.54) is 0 Å². The van der Waals surface area contributed by atoms with Gasteiger partial charge in [0.1, 0.15) is 6.10 Å². The molecule has 6 heteroatoms. The van der Waals surface area contributed by atoms with Gasteiger partial charge in [-0.3, -0.25) is 0 Å². The van der Waals surface area contributed by atoms with Crippen molar-refractivity contribution in [2.45, 2.75) is 71.1 Å². The molecule has 1 aliphatic heterocycles. The zero-order chi connectivity index (χ0) is 18.4. The van der Waals surface area contributed by atoms with Crippen LogP contribution in [0, 0.1) is 0 Å². The highest BCUT2D eigenvalue weighted by Crippen LogP contribution is 2.42. The molecule has 26 heavy (non-hydrogen) atoms. The van der Waals surface area contributed by atoms with Crippen molar-refractivity contribution < 1.29 is 14.9 Å². The minimum absolute atomic E-state index is 0.0249. The molecule has 0 aromatic carbocycles. The van der Waals surface area contributed by atoms with E-state index in [2.05, 4.69) is 11.9 Å². The summed E-state index contributed by atoms with van der Waals surface area (Å²) < 4.78 is 9.69. The van der Waals surface area contributed by atoms with Crippen LogP contribution in [-0.2, 0) is 24.2 Å². The normalized spacial score (nSPS) is 16.7. The number of ether oxygens (including phenoxy) is 1. The van der Waals surface area contributed by atoms with Gasteiger partial charge in [0, 0.05) is 31.0 Å². The molecule has 0 radical (unpaired) electrons. The second-order valence-corrected chi connectivity index (χ2v) is 6.87. The van der Waals surface area contributed by atoms with Gasteiger partial charge in [-0.25, -0.2) is 4.98 Å². The second kappa shape index (κ2) is 8.83. The number of aryl methyl sites for hydroxylation is 1. The van der Waals surface area contributed by atoms with Gasteiger partial charge in [0.25, 0.3) is 0 Å². The van der Waals surface area contributed by atoms with Gasteiger partial charge in [-0.1, -0.05) is 19.8 Å². The first-order chi connectivity index (χ1) is 12.7. The van der Waals surface area contributed by atoms with Crippen LogP contribution in [0.3, 0.4) is 0 Å². The average molecular weight is 359 g/mol. The lowest BCUT2D eigenvalue weighted by molar-refractivity contribution is 0.115. The van der Waals surface area contributed by atoms with Gasteiger partial charge in [0.2, 0.25) is 5.88 Å². The topological polar surface area (TPSA) is 72.4 Å². The third-order valence-electron chi connectivity index (χ3n) is 4.98. The maximum atomic E-state index is 10.6. The molecule has 1 unspecified atom stereocenters. The monoisotopic (exact) mass is 359 g/mol. The third kappa shape index (κ3) is 4.06. The molecule has 0 fully saturated rings. The van der Waals surface area contributed by atoms with Crippen LogP contribution in [0.25, 0.3) is 0 Å². The highest BCUT2D eigenvalue weighted by Gasteiger charge is 2.28. The van der Waals surface area contributed by atoms with Gasteiger partial charge < -0.3 is 24.1 Å². The number of aromatic nitrogens is 3. The van der Waals surface area contributed by atoms with Crippen molar-refractivity contribution in [3.05, 3.63) is 42.3 Å². The molecule has 1 atom stereocenters. The number of nitrogens with zero attached hydrogens (tertiary/aromatic N) is 3. The standard InChI is InChI=1S/C20H29N3O3/c1-2-3-4-8-16-18(17-9-5-6-14-26-17)23(20(25)19(16)24)12-7-11-22-13-10-21-15-22/h6,10,13-15,17,24-25H,2-5,7-9,11-12H2,1H3. The number of hydrogen-bond donors (Lipinski definition) is 2. The zero-order valence-electron chi connectivity index (χ0n) is 15.5. The van der Waals surface area contributed by atoms with Crippen molar-refractivity contribution in [3.63, 3.8) is 0 Å². The number of aromatic hydroxyl groups is 2. The Morgan fingerprint density at radius 2 is 2.12 bits per heavy atom. The van der Waals surface area contributed by atoms with E-state index in [1.54, 1.807) is 18.8 Å². The van der Waals surface area contributed by atoms with Crippen LogP contribution in [0.5, 0.6) is 11.6 Å². The fraction of sp³-hybridized carbons (Fsp3) is 0.550. The Hall–Kier alpha value is -2.37. The van der Waals surface area contributed by atoms with E-state index in [4.69, 9.17) is 4.74 Å². The van der Waals surface area contributed by atoms with Crippen molar-refractivity contribution >= 4 is 0 Å². The van der Waals surface area contributed by atoms with Gasteiger partial charge in [-0.2, -0.15) is 0 Å². The van der Waals surface area contributed by atoms with Gasteiger partial charge >= 0.3 is 0 Å². The lowest BCUT2D eigenvalue weighted by Crippen LogP contribution is -2.14. The summed E-state index contributed by atoms with van der Waals surface area (Å²) in [6.45, 7) is 3.60. The SMILES string of the molecule is CCCCCc1c(O)c(O)n(CCCn2ccnc2)c1C1CCC=CO1. The second-order valence-electron chi connectivity index (χ2n) is 6.87. The minimum atomic E-state index is -0.114. The van der Waals surface area contributed by atoms with E-state index in [-0.39, 0.29) is 17.7 Å². The summed E-state index contributed by atoms with van der Waals surface area (Å²) in [7, 11) is 0. The van der Waals surface area contributed by atoms with Gasteiger partial charge in [-0.05, 0) is 38.2 Å². The zero-order valence-corrected chi connectivity index (χ0v) is 15.5. The van der Waals surface area contributed by atoms with Crippen molar-refractivity contribution in [1.29, 1.82) is 0 Å². The molecule has 6 nitrogen and oxygen atoms in total. The molecule has 0 amide bonds. The van der Waals surface area contributed by atoms with E-state index in [1.807, 2.05) is 21.4 Å². The molecule has 2 N–H and O–H groups in total. The number of allylic oxidation sites excluding steroid dienone is 1. The molecule has 3 heterocycles. The molecule has 0 spiro atoms. The predicted octanol–water partition coefficient (Wildman–Crippen LogP) is 4.28. The maximum absolute atomic E-state index is 10.6. The van der Waals surface area contributed by atoms with Crippen molar-refractivity contribution in [2.75, 3.05) is 0 Å². The lowest BCUT2D eigenvalue weighted by Gasteiger charge is -2.23. The summed E-state index contributed by atoms with van der Waals surface area (Å²) >= 11 is 0. The van der Waals surface area contributed by atoms with Gasteiger partial charge in [0.05, 0.1) is 18.3 Å². The Bertz CT molecular complexity index is 719. The van der Waals surface area contributed by atoms with Crippen molar-refractivity contribution in [3.8, 4) is 11.6 Å². The Morgan fingerprint density at radius 3 is 2.81 bits per heavy atom. The van der Waals surface area contributed by atoms with Crippen LogP contribution in [0.1, 0.15) is 62.8 Å². The summed E-state index contributed by atoms with van der Waals surface area (Å²) in [5, 5.41) is 21.1. The first kappa shape index (κ1) is 18.4. The molecule has 0 aliphatic carbocycles. The van der Waals surface area contributed by atoms with E-state index in [9.17, 15) is 10.2 Å². The van der Waals surface area contributed by atoms with Crippen LogP contribution >= 0.6 is 0 Å². The molecule has 1 aliphatic rings. The number of unbranched alkanes of at least 4 members (excludes halogenated alkanes) is 2. The molecule has 0 saturated heterocycles. The molecule has 0 saturated carbocycles. The van der Waals surface area contributed by atoms with E-state index in [0.29, 0.717) is 6.54 Å². The highest BCUT2D eigenvalue weighted by molar-refractivity contribution is 5.48. The van der Waals surface area contributed by atoms with Crippen LogP contribution < -0.4 is 0 Å². The van der Waals surface area contributed by atoms with Crippen LogP contribution in [0.2, 0.25) is 0 Å². The summed E-state index contributed by atoms with van der Waals surface area (Å²) in [4.78, 5) is 4.06. The first-order valence-corrected chi connectivity index (χ1v) is 9.61. The largest absolute Gasteiger partial charge is 0.503 e. The summed E-state index contributed by atoms with van der Waals surface area (Å²) in [5.74, 6) is -0.00725. The Morgan fingerprint density at radius 1 is 1.23 bits per heavy atom. The summed E-state index contributed by atoms with van der Waals surface area (Å²) in [5.41, 5.74) is 1.78. The summed E-state index contributed by atoms with van der Waals surface area (Å²) in [6, 6.07) is 0. The number of imidazole rings is 1. The minimum Gasteiger partial charge on any atom is -0.503 e. The maximum Gasteiger partial charge on any atom is 0.235 e. The molecule has 142 valence electrons.